The van der Waals surface area contributed by atoms with Crippen LogP contribution in [0.2, 0.25) is 0 Å². The molecule has 3 aromatic rings. The fourth-order valence-corrected chi connectivity index (χ4v) is 3.63. The van der Waals surface area contributed by atoms with Gasteiger partial charge in [-0.25, -0.2) is 0 Å². The van der Waals surface area contributed by atoms with Crippen molar-refractivity contribution in [2.75, 3.05) is 13.1 Å². The molecule has 2 aromatic carbocycles. The van der Waals surface area contributed by atoms with Crippen LogP contribution < -0.4 is 0 Å². The molecule has 1 aromatic heterocycles. The average molecular weight is 362 g/mol. The summed E-state index contributed by atoms with van der Waals surface area (Å²) in [7, 11) is 0. The summed E-state index contributed by atoms with van der Waals surface area (Å²) in [6.45, 7) is 3.15. The number of aliphatic hydroxyl groups is 1. The van der Waals surface area contributed by atoms with Gasteiger partial charge >= 0.3 is 0 Å². The van der Waals surface area contributed by atoms with E-state index in [4.69, 9.17) is 4.52 Å². The van der Waals surface area contributed by atoms with Gasteiger partial charge in [0.25, 0.3) is 5.91 Å². The number of aromatic nitrogens is 1. The van der Waals surface area contributed by atoms with E-state index in [1.165, 1.54) is 11.8 Å². The Bertz CT molecular complexity index is 916. The fourth-order valence-electron chi connectivity index (χ4n) is 3.63. The molecule has 0 aliphatic carbocycles. The molecule has 0 saturated carbocycles. The van der Waals surface area contributed by atoms with E-state index >= 15 is 0 Å². The summed E-state index contributed by atoms with van der Waals surface area (Å²) in [6.07, 6.45) is 1.92. The quantitative estimate of drug-likeness (QED) is 0.761. The van der Waals surface area contributed by atoms with Gasteiger partial charge in [0, 0.05) is 24.6 Å². The molecule has 1 saturated heterocycles. The maximum Gasteiger partial charge on any atom is 0.259 e. The summed E-state index contributed by atoms with van der Waals surface area (Å²) < 4.78 is 5.38. The second-order valence-electron chi connectivity index (χ2n) is 7.01. The van der Waals surface area contributed by atoms with Gasteiger partial charge in [-0.1, -0.05) is 59.8 Å². The number of nitrogens with zero attached hydrogens (tertiary/aromatic N) is 2. The molecule has 5 heteroatoms. The number of likely N-dealkylation sites (tertiary alicyclic amines) is 1. The number of benzene rings is 2. The predicted octanol–water partition coefficient (Wildman–Crippen LogP) is 4.02. The first-order chi connectivity index (χ1) is 13.1. The Morgan fingerprint density at radius 3 is 2.63 bits per heavy atom. The zero-order chi connectivity index (χ0) is 18.8. The molecule has 1 aliphatic heterocycles. The number of carbonyl (C=O) groups excluding carboxylic acids is 1. The van der Waals surface area contributed by atoms with Crippen LogP contribution in [0.3, 0.4) is 0 Å². The molecule has 138 valence electrons. The second-order valence-corrected chi connectivity index (χ2v) is 7.01. The maximum absolute atomic E-state index is 13.0. The highest BCUT2D eigenvalue weighted by Gasteiger charge is 2.30. The van der Waals surface area contributed by atoms with Crippen molar-refractivity contribution in [3.63, 3.8) is 0 Å². The van der Waals surface area contributed by atoms with Crippen molar-refractivity contribution < 1.29 is 14.4 Å². The van der Waals surface area contributed by atoms with Crippen LogP contribution in [0.5, 0.6) is 0 Å². The number of rotatable bonds is 4. The van der Waals surface area contributed by atoms with E-state index in [2.05, 4.69) is 17.3 Å². The number of hydrogen-bond acceptors (Lipinski definition) is 4. The zero-order valence-electron chi connectivity index (χ0n) is 15.2. The normalized spacial score (nSPS) is 17.9. The van der Waals surface area contributed by atoms with Gasteiger partial charge in [0.05, 0.1) is 12.3 Å². The molecule has 1 aliphatic rings. The summed E-state index contributed by atoms with van der Waals surface area (Å²) in [5.41, 5.74) is 3.34. The minimum absolute atomic E-state index is 0.0516. The topological polar surface area (TPSA) is 66.6 Å². The van der Waals surface area contributed by atoms with E-state index in [0.29, 0.717) is 23.8 Å². The molecule has 2 atom stereocenters. The first-order valence-electron chi connectivity index (χ1n) is 9.21. The third-order valence-electron chi connectivity index (χ3n) is 5.20. The van der Waals surface area contributed by atoms with Gasteiger partial charge in [-0.15, -0.1) is 0 Å². The highest BCUT2D eigenvalue weighted by molar-refractivity contribution is 5.99. The summed E-state index contributed by atoms with van der Waals surface area (Å²) in [5, 5.41) is 13.5. The van der Waals surface area contributed by atoms with Crippen LogP contribution in [0, 0.1) is 0 Å². The lowest BCUT2D eigenvalue weighted by Gasteiger charge is -2.16. The van der Waals surface area contributed by atoms with Crippen molar-refractivity contribution in [2.45, 2.75) is 25.4 Å². The van der Waals surface area contributed by atoms with Gasteiger partial charge in [0.1, 0.15) is 5.56 Å². The molecule has 1 amide bonds. The summed E-state index contributed by atoms with van der Waals surface area (Å²) in [5.74, 6) is 0.786. The van der Waals surface area contributed by atoms with Gasteiger partial charge in [-0.2, -0.15) is 0 Å². The van der Waals surface area contributed by atoms with Crippen LogP contribution in [0.1, 0.15) is 46.9 Å². The van der Waals surface area contributed by atoms with E-state index < -0.39 is 6.10 Å². The Kier molecular flexibility index (Phi) is 4.77. The van der Waals surface area contributed by atoms with Crippen LogP contribution in [0.25, 0.3) is 11.3 Å². The summed E-state index contributed by atoms with van der Waals surface area (Å²) in [4.78, 5) is 14.9. The molecule has 0 spiro atoms. The second kappa shape index (κ2) is 7.37. The predicted molar refractivity (Wildman–Crippen MR) is 102 cm³/mol. The minimum Gasteiger partial charge on any atom is -0.389 e. The lowest BCUT2D eigenvalue weighted by atomic mass is 9.99. The molecular formula is C22H22N2O3. The van der Waals surface area contributed by atoms with Crippen molar-refractivity contribution in [3.8, 4) is 11.3 Å². The standard InChI is InChI=1S/C22H22N2O3/c1-15(25)16-7-9-18(10-8-16)21-20(13-23-27-21)22(26)24-12-11-19(14-24)17-5-3-2-4-6-17/h2-10,13,15,19,25H,11-12,14H2,1H3. The third-order valence-corrected chi connectivity index (χ3v) is 5.20. The Hall–Kier alpha value is -2.92. The molecule has 2 heterocycles. The molecule has 1 fully saturated rings. The van der Waals surface area contributed by atoms with Crippen LogP contribution >= 0.6 is 0 Å². The van der Waals surface area contributed by atoms with E-state index in [0.717, 1.165) is 24.1 Å². The number of amides is 1. The maximum atomic E-state index is 13.0. The van der Waals surface area contributed by atoms with E-state index in [9.17, 15) is 9.90 Å². The first-order valence-corrected chi connectivity index (χ1v) is 9.21. The van der Waals surface area contributed by atoms with Crippen molar-refractivity contribution in [3.05, 3.63) is 77.5 Å². The molecule has 1 N–H and O–H groups in total. The number of aliphatic hydroxyl groups excluding tert-OH is 1. The van der Waals surface area contributed by atoms with Crippen LogP contribution in [-0.2, 0) is 0 Å². The highest BCUT2D eigenvalue weighted by atomic mass is 16.5. The van der Waals surface area contributed by atoms with E-state index in [1.807, 2.05) is 47.4 Å². The molecule has 2 unspecified atom stereocenters. The van der Waals surface area contributed by atoms with E-state index in [-0.39, 0.29) is 5.91 Å². The van der Waals surface area contributed by atoms with Crippen molar-refractivity contribution >= 4 is 5.91 Å². The van der Waals surface area contributed by atoms with Gasteiger partial charge < -0.3 is 14.5 Å². The monoisotopic (exact) mass is 362 g/mol. The summed E-state index contributed by atoms with van der Waals surface area (Å²) >= 11 is 0. The smallest absolute Gasteiger partial charge is 0.259 e. The highest BCUT2D eigenvalue weighted by Crippen LogP contribution is 2.31. The first kappa shape index (κ1) is 17.5. The van der Waals surface area contributed by atoms with Crippen LogP contribution in [0.15, 0.2) is 65.3 Å². The fraction of sp³-hybridized carbons (Fsp3) is 0.273. The minimum atomic E-state index is -0.533. The Morgan fingerprint density at radius 2 is 1.93 bits per heavy atom. The molecule has 4 rings (SSSR count). The SMILES string of the molecule is CC(O)c1ccc(-c2oncc2C(=O)N2CCC(c3ccccc3)C2)cc1. The van der Waals surface area contributed by atoms with E-state index in [1.54, 1.807) is 6.92 Å². The zero-order valence-corrected chi connectivity index (χ0v) is 15.2. The lowest BCUT2D eigenvalue weighted by molar-refractivity contribution is 0.0791. The Labute approximate surface area is 158 Å². The van der Waals surface area contributed by atoms with Gasteiger partial charge in [-0.3, -0.25) is 4.79 Å². The third kappa shape index (κ3) is 3.51. The average Bonchev–Trinajstić information content (AvgIpc) is 3.38. The molecule has 5 nitrogen and oxygen atoms in total. The molecule has 27 heavy (non-hydrogen) atoms. The Balaban J connectivity index is 1.53. The summed E-state index contributed by atoms with van der Waals surface area (Å²) in [6, 6.07) is 17.7. The van der Waals surface area contributed by atoms with Crippen LogP contribution in [-0.4, -0.2) is 34.2 Å². The van der Waals surface area contributed by atoms with Crippen molar-refractivity contribution in [1.29, 1.82) is 0 Å². The van der Waals surface area contributed by atoms with Gasteiger partial charge in [0.15, 0.2) is 5.76 Å². The van der Waals surface area contributed by atoms with Crippen LogP contribution in [0.4, 0.5) is 0 Å². The number of hydrogen-bond donors (Lipinski definition) is 1. The van der Waals surface area contributed by atoms with Gasteiger partial charge in [0.2, 0.25) is 0 Å². The molecular weight excluding hydrogens is 340 g/mol. The Morgan fingerprint density at radius 1 is 1.19 bits per heavy atom. The lowest BCUT2D eigenvalue weighted by Crippen LogP contribution is -2.28. The molecule has 0 radical (unpaired) electrons. The largest absolute Gasteiger partial charge is 0.389 e. The van der Waals surface area contributed by atoms with Gasteiger partial charge in [-0.05, 0) is 24.5 Å². The van der Waals surface area contributed by atoms with Crippen molar-refractivity contribution in [2.24, 2.45) is 0 Å². The number of carbonyl (C=O) groups is 1. The molecule has 0 bridgehead atoms. The van der Waals surface area contributed by atoms with Crippen molar-refractivity contribution in [1.82, 2.24) is 10.1 Å².